The molecule has 0 atom stereocenters. The molecule has 0 aliphatic rings. The lowest BCUT2D eigenvalue weighted by Gasteiger charge is -2.05. The molecule has 98 valence electrons. The van der Waals surface area contributed by atoms with Gasteiger partial charge < -0.3 is 10.3 Å². The van der Waals surface area contributed by atoms with Gasteiger partial charge in [0.25, 0.3) is 0 Å². The van der Waals surface area contributed by atoms with Gasteiger partial charge in [-0.2, -0.15) is 0 Å². The van der Waals surface area contributed by atoms with E-state index in [0.29, 0.717) is 0 Å². The van der Waals surface area contributed by atoms with Crippen molar-refractivity contribution in [2.45, 2.75) is 13.1 Å². The third-order valence-corrected chi connectivity index (χ3v) is 3.00. The Labute approximate surface area is 118 Å². The van der Waals surface area contributed by atoms with Gasteiger partial charge in [0.15, 0.2) is 0 Å². The van der Waals surface area contributed by atoms with E-state index >= 15 is 0 Å². The first kappa shape index (κ1) is 13.6. The number of nitrogens with zero attached hydrogens (tertiary/aromatic N) is 1. The Morgan fingerprint density at radius 1 is 1.05 bits per heavy atom. The van der Waals surface area contributed by atoms with Crippen molar-refractivity contribution in [3.8, 4) is 0 Å². The molecule has 0 spiro atoms. The van der Waals surface area contributed by atoms with E-state index in [2.05, 4.69) is 45.6 Å². The number of H-pyrrole nitrogens is 1. The monoisotopic (exact) mass is 273 g/mol. The van der Waals surface area contributed by atoms with Crippen molar-refractivity contribution in [2.24, 2.45) is 0 Å². The topological polar surface area (TPSA) is 40.7 Å². The molecule has 3 nitrogen and oxygen atoms in total. The van der Waals surface area contributed by atoms with Crippen LogP contribution in [0.3, 0.4) is 0 Å². The maximum atomic E-state index is 4.10. The smallest absolute Gasteiger partial charge is 0.0454 e. The Hall–Kier alpha value is -1.84. The van der Waals surface area contributed by atoms with Crippen molar-refractivity contribution in [2.75, 3.05) is 0 Å². The maximum Gasteiger partial charge on any atom is 0.0454 e. The summed E-state index contributed by atoms with van der Waals surface area (Å²) >= 11 is 0. The first-order chi connectivity index (χ1) is 8.92. The first-order valence-corrected chi connectivity index (χ1v) is 6.07. The molecule has 0 amide bonds. The van der Waals surface area contributed by atoms with E-state index in [0.717, 1.165) is 13.1 Å². The average molecular weight is 274 g/mol. The molecule has 0 aliphatic carbocycles. The van der Waals surface area contributed by atoms with Crippen LogP contribution in [0.2, 0.25) is 0 Å². The van der Waals surface area contributed by atoms with Gasteiger partial charge in [-0.1, -0.05) is 12.1 Å². The molecule has 0 aliphatic heterocycles. The molecule has 0 bridgehead atoms. The van der Waals surface area contributed by atoms with Crippen molar-refractivity contribution in [3.05, 3.63) is 66.1 Å². The fraction of sp³-hybridized carbons (Fsp3) is 0.133. The summed E-state index contributed by atoms with van der Waals surface area (Å²) in [7, 11) is 0. The molecule has 2 heterocycles. The third kappa shape index (κ3) is 3.34. The minimum atomic E-state index is 0. The normalized spacial score (nSPS) is 10.3. The fourth-order valence-corrected chi connectivity index (χ4v) is 2.07. The molecule has 19 heavy (non-hydrogen) atoms. The first-order valence-electron chi connectivity index (χ1n) is 6.07. The maximum absolute atomic E-state index is 4.10. The summed E-state index contributed by atoms with van der Waals surface area (Å²) in [6, 6.07) is 12.6. The number of fused-ring (bicyclic) bond motifs is 1. The van der Waals surface area contributed by atoms with Crippen molar-refractivity contribution in [3.63, 3.8) is 0 Å². The largest absolute Gasteiger partial charge is 0.361 e. The molecule has 4 heteroatoms. The van der Waals surface area contributed by atoms with Crippen LogP contribution in [0.1, 0.15) is 11.1 Å². The van der Waals surface area contributed by atoms with Crippen molar-refractivity contribution >= 4 is 23.3 Å². The van der Waals surface area contributed by atoms with Gasteiger partial charge in [0, 0.05) is 37.2 Å². The van der Waals surface area contributed by atoms with Crippen LogP contribution in [-0.4, -0.2) is 9.97 Å². The summed E-state index contributed by atoms with van der Waals surface area (Å²) in [5.41, 5.74) is 3.69. The number of pyridine rings is 1. The van der Waals surface area contributed by atoms with Gasteiger partial charge in [-0.15, -0.1) is 12.4 Å². The molecule has 2 N–H and O–H groups in total. The zero-order chi connectivity index (χ0) is 12.2. The molecular weight excluding hydrogens is 258 g/mol. The number of benzene rings is 1. The van der Waals surface area contributed by atoms with Gasteiger partial charge in [0.05, 0.1) is 0 Å². The fourth-order valence-electron chi connectivity index (χ4n) is 2.07. The van der Waals surface area contributed by atoms with E-state index in [4.69, 9.17) is 0 Å². The van der Waals surface area contributed by atoms with Gasteiger partial charge in [0.1, 0.15) is 0 Å². The summed E-state index contributed by atoms with van der Waals surface area (Å²) in [6.07, 6.45) is 5.66. The number of hydrogen-bond acceptors (Lipinski definition) is 2. The van der Waals surface area contributed by atoms with Crippen molar-refractivity contribution in [1.29, 1.82) is 0 Å². The quantitative estimate of drug-likeness (QED) is 0.766. The highest BCUT2D eigenvalue weighted by molar-refractivity contribution is 5.85. The van der Waals surface area contributed by atoms with E-state index in [9.17, 15) is 0 Å². The van der Waals surface area contributed by atoms with E-state index < -0.39 is 0 Å². The van der Waals surface area contributed by atoms with Gasteiger partial charge in [-0.05, 0) is 40.8 Å². The highest BCUT2D eigenvalue weighted by atomic mass is 35.5. The Morgan fingerprint density at radius 3 is 2.79 bits per heavy atom. The van der Waals surface area contributed by atoms with Gasteiger partial charge in [0.2, 0.25) is 0 Å². The zero-order valence-electron chi connectivity index (χ0n) is 10.5. The molecule has 0 radical (unpaired) electrons. The molecule has 1 aromatic carbocycles. The SMILES string of the molecule is Cl.c1cncc(CNCc2ccc3[nH]ccc3c2)c1. The van der Waals surface area contributed by atoms with Crippen molar-refractivity contribution < 1.29 is 0 Å². The highest BCUT2D eigenvalue weighted by Gasteiger charge is 1.97. The summed E-state index contributed by atoms with van der Waals surface area (Å²) in [5.74, 6) is 0. The Bertz CT molecular complexity index is 634. The number of rotatable bonds is 4. The van der Waals surface area contributed by atoms with Crippen LogP contribution in [0, 0.1) is 0 Å². The molecule has 3 aromatic rings. The predicted molar refractivity (Wildman–Crippen MR) is 80.3 cm³/mol. The Kier molecular flexibility index (Phi) is 4.55. The van der Waals surface area contributed by atoms with Crippen LogP contribution < -0.4 is 5.32 Å². The second-order valence-corrected chi connectivity index (χ2v) is 4.36. The number of nitrogens with one attached hydrogen (secondary N) is 2. The lowest BCUT2D eigenvalue weighted by atomic mass is 10.1. The number of aromatic amines is 1. The van der Waals surface area contributed by atoms with Crippen LogP contribution in [0.15, 0.2) is 55.0 Å². The molecule has 0 saturated heterocycles. The number of aromatic nitrogens is 2. The molecule has 0 fully saturated rings. The Balaban J connectivity index is 0.00000133. The Morgan fingerprint density at radius 2 is 1.95 bits per heavy atom. The predicted octanol–water partition coefficient (Wildman–Crippen LogP) is 3.27. The van der Waals surface area contributed by atoms with Crippen molar-refractivity contribution in [1.82, 2.24) is 15.3 Å². The minimum Gasteiger partial charge on any atom is -0.361 e. The summed E-state index contributed by atoms with van der Waals surface area (Å²) < 4.78 is 0. The van der Waals surface area contributed by atoms with Gasteiger partial charge in [-0.3, -0.25) is 4.98 Å². The minimum absolute atomic E-state index is 0. The lowest BCUT2D eigenvalue weighted by molar-refractivity contribution is 0.692. The standard InChI is InChI=1S/C15H15N3.ClH/c1-2-13(10-16-6-1)11-17-9-12-3-4-15-14(8-12)5-7-18-15;/h1-8,10,17-18H,9,11H2;1H. The second kappa shape index (κ2) is 6.36. The van der Waals surface area contributed by atoms with Gasteiger partial charge >= 0.3 is 0 Å². The molecular formula is C15H16ClN3. The average Bonchev–Trinajstić information content (AvgIpc) is 2.87. The number of hydrogen-bond donors (Lipinski definition) is 2. The summed E-state index contributed by atoms with van der Waals surface area (Å²) in [5, 5.41) is 4.68. The van der Waals surface area contributed by atoms with E-state index in [1.165, 1.54) is 22.0 Å². The molecule has 0 saturated carbocycles. The van der Waals surface area contributed by atoms with Gasteiger partial charge in [-0.25, -0.2) is 0 Å². The molecule has 3 rings (SSSR count). The van der Waals surface area contributed by atoms with Crippen LogP contribution in [0.25, 0.3) is 10.9 Å². The summed E-state index contributed by atoms with van der Waals surface area (Å²) in [6.45, 7) is 1.72. The van der Waals surface area contributed by atoms with E-state index in [1.54, 1.807) is 6.20 Å². The van der Waals surface area contributed by atoms with Crippen LogP contribution in [0.4, 0.5) is 0 Å². The summed E-state index contributed by atoms with van der Waals surface area (Å²) in [4.78, 5) is 7.30. The number of halogens is 1. The van der Waals surface area contributed by atoms with Crippen LogP contribution in [0.5, 0.6) is 0 Å². The lowest BCUT2D eigenvalue weighted by Crippen LogP contribution is -2.12. The van der Waals surface area contributed by atoms with Crippen LogP contribution >= 0.6 is 12.4 Å². The van der Waals surface area contributed by atoms with E-state index in [-0.39, 0.29) is 12.4 Å². The molecule has 2 aromatic heterocycles. The molecule has 0 unspecified atom stereocenters. The third-order valence-electron chi connectivity index (χ3n) is 3.00. The van der Waals surface area contributed by atoms with E-state index in [1.807, 2.05) is 18.5 Å². The van der Waals surface area contributed by atoms with Crippen LogP contribution in [-0.2, 0) is 13.1 Å². The highest BCUT2D eigenvalue weighted by Crippen LogP contribution is 2.14. The zero-order valence-corrected chi connectivity index (χ0v) is 11.3. The second-order valence-electron chi connectivity index (χ2n) is 4.36.